The number of nitrogens with zero attached hydrogens (tertiary/aromatic N) is 1. The van der Waals surface area contributed by atoms with Crippen molar-refractivity contribution >= 4 is 16.7 Å². The van der Waals surface area contributed by atoms with Crippen LogP contribution in [0.3, 0.4) is 0 Å². The van der Waals surface area contributed by atoms with Gasteiger partial charge in [0.2, 0.25) is 0 Å². The van der Waals surface area contributed by atoms with Crippen molar-refractivity contribution in [2.75, 3.05) is 14.2 Å². The minimum absolute atomic E-state index is 0.214. The number of carbonyl (C=O) groups is 1. The molecule has 1 heterocycles. The number of rotatable bonds is 5. The molecule has 2 aromatic carbocycles. The fourth-order valence-corrected chi connectivity index (χ4v) is 2.22. The number of ether oxygens (including phenoxy) is 1. The van der Waals surface area contributed by atoms with E-state index >= 15 is 0 Å². The second-order valence-electron chi connectivity index (χ2n) is 5.05. The van der Waals surface area contributed by atoms with Crippen LogP contribution in [0.2, 0.25) is 0 Å². The molecule has 5 nitrogen and oxygen atoms in total. The zero-order valence-corrected chi connectivity index (χ0v) is 13.0. The smallest absolute Gasteiger partial charge is 0.312 e. The summed E-state index contributed by atoms with van der Waals surface area (Å²) >= 11 is 0. The second kappa shape index (κ2) is 6.54. The van der Waals surface area contributed by atoms with Crippen LogP contribution in [0, 0.1) is 0 Å². The van der Waals surface area contributed by atoms with E-state index < -0.39 is 0 Å². The summed E-state index contributed by atoms with van der Waals surface area (Å²) in [5.74, 6) is 1.20. The number of fused-ring (bicyclic) bond motifs is 1. The Hall–Kier alpha value is -2.79. The zero-order valence-electron chi connectivity index (χ0n) is 13.0. The average molecular weight is 311 g/mol. The molecule has 0 N–H and O–H groups in total. The van der Waals surface area contributed by atoms with Crippen LogP contribution in [0.5, 0.6) is 5.75 Å². The largest absolute Gasteiger partial charge is 0.486 e. The summed E-state index contributed by atoms with van der Waals surface area (Å²) in [6, 6.07) is 17.3. The minimum atomic E-state index is -0.343. The molecule has 0 atom stereocenters. The van der Waals surface area contributed by atoms with E-state index in [1.165, 1.54) is 14.2 Å². The molecule has 0 fully saturated rings. The lowest BCUT2D eigenvalue weighted by Crippen LogP contribution is -2.24. The Kier molecular flexibility index (Phi) is 4.30. The molecule has 1 aromatic heterocycles. The molecule has 118 valence electrons. The first-order chi connectivity index (χ1) is 11.2. The van der Waals surface area contributed by atoms with E-state index in [9.17, 15) is 4.79 Å². The fourth-order valence-electron chi connectivity index (χ4n) is 2.22. The Balaban J connectivity index is 1.68. The number of hydrogen-bond donors (Lipinski definition) is 0. The zero-order chi connectivity index (χ0) is 16.2. The molecular weight excluding hydrogens is 294 g/mol. The number of hydrogen-bond acceptors (Lipinski definition) is 4. The van der Waals surface area contributed by atoms with E-state index in [1.54, 1.807) is 12.1 Å². The Bertz CT molecular complexity index is 825. The molecule has 1 amide bonds. The number of amides is 1. The third-order valence-electron chi connectivity index (χ3n) is 3.53. The van der Waals surface area contributed by atoms with E-state index in [2.05, 4.69) is 6.07 Å². The fraction of sp³-hybridized carbons (Fsp3) is 0.167. The van der Waals surface area contributed by atoms with E-state index in [1.807, 2.05) is 36.4 Å². The van der Waals surface area contributed by atoms with Crippen LogP contribution in [-0.2, 0) is 11.4 Å². The van der Waals surface area contributed by atoms with Crippen LogP contribution in [0.25, 0.3) is 10.8 Å². The van der Waals surface area contributed by atoms with Gasteiger partial charge >= 0.3 is 5.91 Å². The van der Waals surface area contributed by atoms with Crippen LogP contribution in [0.15, 0.2) is 59.0 Å². The number of benzene rings is 2. The Morgan fingerprint density at radius 1 is 1.09 bits per heavy atom. The lowest BCUT2D eigenvalue weighted by Gasteiger charge is -2.11. The van der Waals surface area contributed by atoms with E-state index in [0.717, 1.165) is 21.6 Å². The van der Waals surface area contributed by atoms with Crippen LogP contribution >= 0.6 is 0 Å². The van der Waals surface area contributed by atoms with Gasteiger partial charge in [0.25, 0.3) is 0 Å². The number of hydroxylamine groups is 2. The molecule has 0 spiro atoms. The van der Waals surface area contributed by atoms with Gasteiger partial charge in [0.1, 0.15) is 18.1 Å². The first-order valence-corrected chi connectivity index (χ1v) is 7.20. The Morgan fingerprint density at radius 3 is 2.65 bits per heavy atom. The van der Waals surface area contributed by atoms with Crippen LogP contribution in [0.4, 0.5) is 0 Å². The highest BCUT2D eigenvalue weighted by atomic mass is 16.7. The molecular formula is C18H17NO4. The molecule has 0 saturated heterocycles. The third-order valence-corrected chi connectivity index (χ3v) is 3.53. The van der Waals surface area contributed by atoms with Crippen LogP contribution < -0.4 is 4.74 Å². The quantitative estimate of drug-likeness (QED) is 0.675. The van der Waals surface area contributed by atoms with E-state index in [4.69, 9.17) is 14.0 Å². The number of carbonyl (C=O) groups excluding carboxylic acids is 1. The van der Waals surface area contributed by atoms with Crippen LogP contribution in [0.1, 0.15) is 16.3 Å². The van der Waals surface area contributed by atoms with Gasteiger partial charge in [-0.2, -0.15) is 0 Å². The van der Waals surface area contributed by atoms with Crippen molar-refractivity contribution in [3.8, 4) is 5.75 Å². The maximum atomic E-state index is 11.9. The molecule has 0 aliphatic rings. The normalized spacial score (nSPS) is 10.7. The predicted octanol–water partition coefficient (Wildman–Crippen LogP) is 3.65. The van der Waals surface area contributed by atoms with Crippen molar-refractivity contribution in [1.82, 2.24) is 5.06 Å². The lowest BCUT2D eigenvalue weighted by atomic mass is 10.1. The van der Waals surface area contributed by atoms with E-state index in [0.29, 0.717) is 5.76 Å². The Labute approximate surface area is 134 Å². The third kappa shape index (κ3) is 3.35. The van der Waals surface area contributed by atoms with Gasteiger partial charge in [0.05, 0.1) is 7.11 Å². The first kappa shape index (κ1) is 15.1. The molecule has 0 unspecified atom stereocenters. The Morgan fingerprint density at radius 2 is 1.87 bits per heavy atom. The topological polar surface area (TPSA) is 51.9 Å². The molecule has 3 rings (SSSR count). The summed E-state index contributed by atoms with van der Waals surface area (Å²) < 4.78 is 11.2. The van der Waals surface area contributed by atoms with Crippen molar-refractivity contribution < 1.29 is 18.8 Å². The van der Waals surface area contributed by atoms with Crippen LogP contribution in [-0.4, -0.2) is 25.1 Å². The lowest BCUT2D eigenvalue weighted by molar-refractivity contribution is -0.0774. The van der Waals surface area contributed by atoms with Crippen molar-refractivity contribution in [1.29, 1.82) is 0 Å². The maximum absolute atomic E-state index is 11.9. The maximum Gasteiger partial charge on any atom is 0.312 e. The highest BCUT2D eigenvalue weighted by molar-refractivity contribution is 5.90. The first-order valence-electron chi connectivity index (χ1n) is 7.20. The summed E-state index contributed by atoms with van der Waals surface area (Å²) in [4.78, 5) is 16.7. The van der Waals surface area contributed by atoms with E-state index in [-0.39, 0.29) is 18.3 Å². The summed E-state index contributed by atoms with van der Waals surface area (Å²) in [6.45, 7) is 0.252. The highest BCUT2D eigenvalue weighted by Gasteiger charge is 2.16. The average Bonchev–Trinajstić information content (AvgIpc) is 3.07. The summed E-state index contributed by atoms with van der Waals surface area (Å²) in [5, 5.41) is 3.38. The molecule has 0 saturated carbocycles. The van der Waals surface area contributed by atoms with Crippen molar-refractivity contribution in [3.63, 3.8) is 0 Å². The molecule has 0 bridgehead atoms. The summed E-state index contributed by atoms with van der Waals surface area (Å²) in [6.07, 6.45) is 0. The monoisotopic (exact) mass is 311 g/mol. The SMILES string of the molecule is CON(C)C(=O)c1ccc(COc2ccc3ccccc3c2)o1. The van der Waals surface area contributed by atoms with Gasteiger partial charge in [-0.3, -0.25) is 9.63 Å². The van der Waals surface area contributed by atoms with Gasteiger partial charge in [0, 0.05) is 7.05 Å². The molecule has 23 heavy (non-hydrogen) atoms. The molecule has 5 heteroatoms. The second-order valence-corrected chi connectivity index (χ2v) is 5.05. The molecule has 0 aliphatic heterocycles. The van der Waals surface area contributed by atoms with Gasteiger partial charge in [-0.05, 0) is 35.0 Å². The highest BCUT2D eigenvalue weighted by Crippen LogP contribution is 2.22. The van der Waals surface area contributed by atoms with Crippen molar-refractivity contribution in [2.45, 2.75) is 6.61 Å². The van der Waals surface area contributed by atoms with Gasteiger partial charge in [-0.25, -0.2) is 5.06 Å². The van der Waals surface area contributed by atoms with Gasteiger partial charge < -0.3 is 9.15 Å². The van der Waals surface area contributed by atoms with Gasteiger partial charge in [-0.1, -0.05) is 30.3 Å². The molecule has 0 radical (unpaired) electrons. The van der Waals surface area contributed by atoms with Crippen molar-refractivity contribution in [2.24, 2.45) is 0 Å². The predicted molar refractivity (Wildman–Crippen MR) is 86.1 cm³/mol. The minimum Gasteiger partial charge on any atom is -0.486 e. The van der Waals surface area contributed by atoms with Crippen molar-refractivity contribution in [3.05, 3.63) is 66.1 Å². The van der Waals surface area contributed by atoms with Gasteiger partial charge in [0.15, 0.2) is 5.76 Å². The summed E-state index contributed by atoms with van der Waals surface area (Å²) in [5.41, 5.74) is 0. The molecule has 0 aliphatic carbocycles. The summed E-state index contributed by atoms with van der Waals surface area (Å²) in [7, 11) is 2.95. The standard InChI is InChI=1S/C18H17NO4/c1-19(21-2)18(20)17-10-9-16(23-17)12-22-15-8-7-13-5-3-4-6-14(13)11-15/h3-11H,12H2,1-2H3. The van der Waals surface area contributed by atoms with Gasteiger partial charge in [-0.15, -0.1) is 0 Å². The number of furan rings is 1. The molecule has 3 aromatic rings.